The molecule has 0 aromatic heterocycles. The monoisotopic (exact) mass is 186 g/mol. The summed E-state index contributed by atoms with van der Waals surface area (Å²) in [5.41, 5.74) is -0.165. The molecule has 0 aliphatic rings. The third-order valence-electron chi connectivity index (χ3n) is 2.09. The van der Waals surface area contributed by atoms with E-state index in [1.165, 1.54) is 0 Å². The fourth-order valence-corrected chi connectivity index (χ4v) is 1.08. The molecule has 0 N–H and O–H groups in total. The van der Waals surface area contributed by atoms with Gasteiger partial charge in [0.2, 0.25) is 0 Å². The predicted octanol–water partition coefficient (Wildman–Crippen LogP) is 2.81. The first-order valence-electron chi connectivity index (χ1n) is 5.00. The zero-order valence-electron chi connectivity index (χ0n) is 9.35. The number of ether oxygens (including phenoxy) is 1. The van der Waals surface area contributed by atoms with Crippen LogP contribution in [0, 0.1) is 5.41 Å². The molecule has 0 fully saturated rings. The highest BCUT2D eigenvalue weighted by molar-refractivity contribution is 5.83. The van der Waals surface area contributed by atoms with E-state index in [1.807, 2.05) is 20.8 Å². The predicted molar refractivity (Wildman–Crippen MR) is 54.8 cm³/mol. The Bertz CT molecular complexity index is 145. The van der Waals surface area contributed by atoms with Gasteiger partial charge in [0.05, 0.1) is 0 Å². The Morgan fingerprint density at radius 2 is 1.77 bits per heavy atom. The summed E-state index contributed by atoms with van der Waals surface area (Å²) in [5.74, 6) is 0.366. The summed E-state index contributed by atoms with van der Waals surface area (Å²) in [5, 5.41) is 0. The van der Waals surface area contributed by atoms with Crippen LogP contribution < -0.4 is 0 Å². The molecule has 0 aromatic carbocycles. The molecule has 0 saturated carbocycles. The molecule has 0 rings (SSSR count). The highest BCUT2D eigenvalue weighted by Crippen LogP contribution is 2.18. The van der Waals surface area contributed by atoms with Crippen molar-refractivity contribution in [1.82, 2.24) is 0 Å². The second-order valence-corrected chi connectivity index (χ2v) is 4.48. The van der Waals surface area contributed by atoms with Crippen molar-refractivity contribution in [3.8, 4) is 0 Å². The standard InChI is InChI=1S/C11H22O2/c1-11(2,3)10(12)8-6-5-7-9-13-4/h5-9H2,1-4H3. The van der Waals surface area contributed by atoms with Crippen LogP contribution in [0.3, 0.4) is 0 Å². The average Bonchev–Trinajstić information content (AvgIpc) is 2.02. The number of hydrogen-bond donors (Lipinski definition) is 0. The molecule has 0 spiro atoms. The molecule has 0 aliphatic heterocycles. The third-order valence-corrected chi connectivity index (χ3v) is 2.09. The van der Waals surface area contributed by atoms with Crippen molar-refractivity contribution < 1.29 is 9.53 Å². The molecule has 0 heterocycles. The van der Waals surface area contributed by atoms with E-state index >= 15 is 0 Å². The lowest BCUT2D eigenvalue weighted by Gasteiger charge is -2.15. The Hall–Kier alpha value is -0.370. The van der Waals surface area contributed by atoms with E-state index in [-0.39, 0.29) is 5.41 Å². The first-order chi connectivity index (χ1) is 5.98. The van der Waals surface area contributed by atoms with E-state index in [9.17, 15) is 4.79 Å². The maximum absolute atomic E-state index is 11.5. The van der Waals surface area contributed by atoms with Crippen molar-refractivity contribution in [2.24, 2.45) is 5.41 Å². The normalized spacial score (nSPS) is 11.7. The van der Waals surface area contributed by atoms with Crippen molar-refractivity contribution >= 4 is 5.78 Å². The van der Waals surface area contributed by atoms with Gasteiger partial charge in [0.1, 0.15) is 5.78 Å². The Kier molecular flexibility index (Phi) is 5.97. The van der Waals surface area contributed by atoms with Crippen LogP contribution in [0.5, 0.6) is 0 Å². The Morgan fingerprint density at radius 1 is 1.15 bits per heavy atom. The molecule has 0 atom stereocenters. The van der Waals surface area contributed by atoms with Gasteiger partial charge in [0, 0.05) is 25.6 Å². The fourth-order valence-electron chi connectivity index (χ4n) is 1.08. The number of hydrogen-bond acceptors (Lipinski definition) is 2. The minimum atomic E-state index is -0.165. The summed E-state index contributed by atoms with van der Waals surface area (Å²) in [4.78, 5) is 11.5. The smallest absolute Gasteiger partial charge is 0.138 e. The number of carbonyl (C=O) groups excluding carboxylic acids is 1. The third kappa shape index (κ3) is 6.76. The molecular formula is C11H22O2. The van der Waals surface area contributed by atoms with Crippen LogP contribution in [0.1, 0.15) is 46.5 Å². The summed E-state index contributed by atoms with van der Waals surface area (Å²) in [7, 11) is 1.71. The van der Waals surface area contributed by atoms with Gasteiger partial charge in [0.15, 0.2) is 0 Å². The number of methoxy groups -OCH3 is 1. The number of carbonyl (C=O) groups is 1. The lowest BCUT2D eigenvalue weighted by Crippen LogP contribution is -2.19. The van der Waals surface area contributed by atoms with E-state index in [0.29, 0.717) is 12.2 Å². The van der Waals surface area contributed by atoms with Gasteiger partial charge < -0.3 is 4.74 Å². The molecule has 0 aromatic rings. The zero-order chi connectivity index (χ0) is 10.3. The van der Waals surface area contributed by atoms with Gasteiger partial charge in [-0.25, -0.2) is 0 Å². The molecule has 0 saturated heterocycles. The van der Waals surface area contributed by atoms with Crippen LogP contribution in [-0.4, -0.2) is 19.5 Å². The quantitative estimate of drug-likeness (QED) is 0.596. The number of ketones is 1. The van der Waals surface area contributed by atoms with Crippen molar-refractivity contribution in [3.63, 3.8) is 0 Å². The summed E-state index contributed by atoms with van der Waals surface area (Å²) in [6.45, 7) is 6.74. The largest absolute Gasteiger partial charge is 0.385 e. The van der Waals surface area contributed by atoms with Gasteiger partial charge in [-0.1, -0.05) is 27.2 Å². The molecule has 78 valence electrons. The lowest BCUT2D eigenvalue weighted by molar-refractivity contribution is -0.126. The molecule has 0 bridgehead atoms. The van der Waals surface area contributed by atoms with E-state index in [4.69, 9.17) is 4.74 Å². The fraction of sp³-hybridized carbons (Fsp3) is 0.909. The number of rotatable bonds is 6. The Balaban J connectivity index is 3.38. The van der Waals surface area contributed by atoms with Crippen LogP contribution in [0.25, 0.3) is 0 Å². The van der Waals surface area contributed by atoms with Gasteiger partial charge in [-0.2, -0.15) is 0 Å². The Labute approximate surface area is 81.7 Å². The number of unbranched alkanes of at least 4 members (excludes halogenated alkanes) is 2. The van der Waals surface area contributed by atoms with Crippen molar-refractivity contribution in [2.45, 2.75) is 46.5 Å². The first-order valence-corrected chi connectivity index (χ1v) is 5.00. The van der Waals surface area contributed by atoms with Crippen LogP contribution >= 0.6 is 0 Å². The SMILES string of the molecule is COCCCCCC(=O)C(C)(C)C. The van der Waals surface area contributed by atoms with Crippen LogP contribution in [-0.2, 0) is 9.53 Å². The molecule has 0 radical (unpaired) electrons. The van der Waals surface area contributed by atoms with Crippen molar-refractivity contribution in [1.29, 1.82) is 0 Å². The maximum atomic E-state index is 11.5. The average molecular weight is 186 g/mol. The van der Waals surface area contributed by atoms with Gasteiger partial charge in [-0.15, -0.1) is 0 Å². The summed E-state index contributed by atoms with van der Waals surface area (Å²) < 4.78 is 4.93. The second kappa shape index (κ2) is 6.14. The van der Waals surface area contributed by atoms with Gasteiger partial charge in [-0.3, -0.25) is 4.79 Å². The van der Waals surface area contributed by atoms with Crippen molar-refractivity contribution in [2.75, 3.05) is 13.7 Å². The van der Waals surface area contributed by atoms with E-state index in [2.05, 4.69) is 0 Å². The van der Waals surface area contributed by atoms with E-state index in [1.54, 1.807) is 7.11 Å². The zero-order valence-corrected chi connectivity index (χ0v) is 9.35. The molecule has 13 heavy (non-hydrogen) atoms. The van der Waals surface area contributed by atoms with Gasteiger partial charge >= 0.3 is 0 Å². The summed E-state index contributed by atoms with van der Waals surface area (Å²) in [6, 6.07) is 0. The topological polar surface area (TPSA) is 26.3 Å². The lowest BCUT2D eigenvalue weighted by atomic mass is 9.88. The van der Waals surface area contributed by atoms with Gasteiger partial charge in [-0.05, 0) is 12.8 Å². The summed E-state index contributed by atoms with van der Waals surface area (Å²) in [6.07, 6.45) is 3.87. The second-order valence-electron chi connectivity index (χ2n) is 4.48. The minimum Gasteiger partial charge on any atom is -0.385 e. The highest BCUT2D eigenvalue weighted by atomic mass is 16.5. The molecule has 2 nitrogen and oxygen atoms in total. The maximum Gasteiger partial charge on any atom is 0.138 e. The summed E-state index contributed by atoms with van der Waals surface area (Å²) >= 11 is 0. The van der Waals surface area contributed by atoms with Crippen LogP contribution in [0.15, 0.2) is 0 Å². The molecule has 0 amide bonds. The van der Waals surface area contributed by atoms with Crippen LogP contribution in [0.4, 0.5) is 0 Å². The molecule has 0 aliphatic carbocycles. The highest BCUT2D eigenvalue weighted by Gasteiger charge is 2.19. The Morgan fingerprint density at radius 3 is 2.23 bits per heavy atom. The molecule has 0 unspecified atom stereocenters. The van der Waals surface area contributed by atoms with Crippen LogP contribution in [0.2, 0.25) is 0 Å². The van der Waals surface area contributed by atoms with Gasteiger partial charge in [0.25, 0.3) is 0 Å². The number of Topliss-reactive ketones (excluding diaryl/α,β-unsaturated/α-hetero) is 1. The van der Waals surface area contributed by atoms with Crippen molar-refractivity contribution in [3.05, 3.63) is 0 Å². The molecule has 2 heteroatoms. The van der Waals surface area contributed by atoms with E-state index < -0.39 is 0 Å². The molecular weight excluding hydrogens is 164 g/mol. The minimum absolute atomic E-state index is 0.165. The first kappa shape index (κ1) is 12.6. The van der Waals surface area contributed by atoms with E-state index in [0.717, 1.165) is 25.9 Å².